The minimum absolute atomic E-state index is 0.00878. The summed E-state index contributed by atoms with van der Waals surface area (Å²) in [6.45, 7) is 0.00878. The van der Waals surface area contributed by atoms with Crippen molar-refractivity contribution in [3.8, 4) is 6.07 Å². The van der Waals surface area contributed by atoms with E-state index in [-0.39, 0.29) is 17.8 Å². The lowest BCUT2D eigenvalue weighted by atomic mass is 10.1. The highest BCUT2D eigenvalue weighted by Crippen LogP contribution is 2.12. The Morgan fingerprint density at radius 1 is 1.04 bits per heavy atom. The first-order valence-electron chi connectivity index (χ1n) is 8.36. The normalized spacial score (nSPS) is 10.0. The van der Waals surface area contributed by atoms with Crippen LogP contribution in [0.4, 0.5) is 10.1 Å². The number of nitriles is 1. The number of pyridine rings is 1. The van der Waals surface area contributed by atoms with Crippen LogP contribution in [0.25, 0.3) is 0 Å². The smallest absolute Gasteiger partial charge is 0.270 e. The largest absolute Gasteiger partial charge is 0.347 e. The molecular weight excluding hydrogens is 359 g/mol. The summed E-state index contributed by atoms with van der Waals surface area (Å²) in [5.74, 6) is -1.35. The van der Waals surface area contributed by atoms with E-state index in [0.29, 0.717) is 16.8 Å². The number of amides is 2. The summed E-state index contributed by atoms with van der Waals surface area (Å²) in [7, 11) is 0. The number of anilines is 1. The van der Waals surface area contributed by atoms with Gasteiger partial charge in [-0.15, -0.1) is 0 Å². The summed E-state index contributed by atoms with van der Waals surface area (Å²) >= 11 is 0. The maximum atomic E-state index is 13.6. The van der Waals surface area contributed by atoms with Crippen molar-refractivity contribution in [2.45, 2.75) is 6.54 Å². The van der Waals surface area contributed by atoms with Crippen LogP contribution >= 0.6 is 0 Å². The lowest BCUT2D eigenvalue weighted by Gasteiger charge is -2.08. The van der Waals surface area contributed by atoms with Gasteiger partial charge in [0.05, 0.1) is 11.6 Å². The molecular formula is C21H15FN4O2. The molecule has 0 bridgehead atoms. The van der Waals surface area contributed by atoms with Crippen LogP contribution in [0.15, 0.2) is 66.9 Å². The van der Waals surface area contributed by atoms with Gasteiger partial charge in [-0.3, -0.25) is 14.6 Å². The number of halogens is 1. The molecule has 6 nitrogen and oxygen atoms in total. The third-order valence-electron chi connectivity index (χ3n) is 3.92. The van der Waals surface area contributed by atoms with Crippen molar-refractivity contribution in [3.63, 3.8) is 0 Å². The van der Waals surface area contributed by atoms with Gasteiger partial charge in [0.1, 0.15) is 11.5 Å². The predicted octanol–water partition coefficient (Wildman–Crippen LogP) is 3.27. The van der Waals surface area contributed by atoms with Crippen LogP contribution in [-0.2, 0) is 6.54 Å². The Kier molecular flexibility index (Phi) is 5.72. The Morgan fingerprint density at radius 2 is 1.79 bits per heavy atom. The molecule has 0 unspecified atom stereocenters. The molecule has 1 heterocycles. The molecule has 0 fully saturated rings. The number of carbonyl (C=O) groups is 2. The van der Waals surface area contributed by atoms with E-state index in [0.717, 1.165) is 0 Å². The van der Waals surface area contributed by atoms with E-state index in [9.17, 15) is 14.0 Å². The SMILES string of the molecule is N#Cc1ccc(NC(=O)c2ccnc(C(=O)NCc3ccccc3F)c2)cc1. The van der Waals surface area contributed by atoms with Crippen LogP contribution < -0.4 is 10.6 Å². The molecule has 0 aliphatic carbocycles. The van der Waals surface area contributed by atoms with Crippen molar-refractivity contribution in [1.29, 1.82) is 5.26 Å². The summed E-state index contributed by atoms with van der Waals surface area (Å²) in [6, 6.07) is 17.4. The Balaban J connectivity index is 1.67. The van der Waals surface area contributed by atoms with Crippen LogP contribution in [0.5, 0.6) is 0 Å². The van der Waals surface area contributed by atoms with Crippen LogP contribution in [0.1, 0.15) is 32.0 Å². The quantitative estimate of drug-likeness (QED) is 0.716. The molecule has 0 atom stereocenters. The van der Waals surface area contributed by atoms with Gasteiger partial charge in [-0.05, 0) is 42.5 Å². The third kappa shape index (κ3) is 4.56. The second kappa shape index (κ2) is 8.56. The highest BCUT2D eigenvalue weighted by Gasteiger charge is 2.13. The summed E-state index contributed by atoms with van der Waals surface area (Å²) in [6.07, 6.45) is 1.35. The second-order valence-electron chi connectivity index (χ2n) is 5.85. The number of nitrogens with one attached hydrogen (secondary N) is 2. The zero-order valence-electron chi connectivity index (χ0n) is 14.6. The van der Waals surface area contributed by atoms with E-state index in [1.54, 1.807) is 42.5 Å². The molecule has 0 aliphatic heterocycles. The van der Waals surface area contributed by atoms with E-state index in [2.05, 4.69) is 15.6 Å². The van der Waals surface area contributed by atoms with E-state index >= 15 is 0 Å². The number of benzene rings is 2. The van der Waals surface area contributed by atoms with Crippen LogP contribution in [0.3, 0.4) is 0 Å². The average molecular weight is 374 g/mol. The average Bonchev–Trinajstić information content (AvgIpc) is 2.73. The Labute approximate surface area is 160 Å². The molecule has 0 aliphatic rings. The van der Waals surface area contributed by atoms with Crippen molar-refractivity contribution in [2.24, 2.45) is 0 Å². The van der Waals surface area contributed by atoms with Gasteiger partial charge in [0, 0.05) is 29.6 Å². The standard InChI is InChI=1S/C21H15FN4O2/c22-18-4-2-1-3-16(18)13-25-21(28)19-11-15(9-10-24-19)20(27)26-17-7-5-14(12-23)6-8-17/h1-11H,13H2,(H,25,28)(H,26,27). The molecule has 0 saturated heterocycles. The molecule has 2 amide bonds. The Bertz CT molecular complexity index is 1060. The molecule has 7 heteroatoms. The molecule has 138 valence electrons. The summed E-state index contributed by atoms with van der Waals surface area (Å²) < 4.78 is 13.6. The number of hydrogen-bond donors (Lipinski definition) is 2. The Hall–Kier alpha value is -4.05. The van der Waals surface area contributed by atoms with Gasteiger partial charge in [0.15, 0.2) is 0 Å². The molecule has 3 rings (SSSR count). The molecule has 2 N–H and O–H groups in total. The predicted molar refractivity (Wildman–Crippen MR) is 101 cm³/mol. The van der Waals surface area contributed by atoms with E-state index < -0.39 is 17.6 Å². The molecule has 1 aromatic heterocycles. The van der Waals surface area contributed by atoms with Gasteiger partial charge in [-0.25, -0.2) is 4.39 Å². The molecule has 28 heavy (non-hydrogen) atoms. The van der Waals surface area contributed by atoms with Gasteiger partial charge in [0.2, 0.25) is 0 Å². The molecule has 0 spiro atoms. The fraction of sp³-hybridized carbons (Fsp3) is 0.0476. The minimum atomic E-state index is -0.517. The fourth-order valence-electron chi connectivity index (χ4n) is 2.44. The minimum Gasteiger partial charge on any atom is -0.347 e. The number of carbonyl (C=O) groups excluding carboxylic acids is 2. The van der Waals surface area contributed by atoms with Crippen LogP contribution in [-0.4, -0.2) is 16.8 Å². The van der Waals surface area contributed by atoms with Gasteiger partial charge < -0.3 is 10.6 Å². The van der Waals surface area contributed by atoms with Crippen LogP contribution in [0.2, 0.25) is 0 Å². The summed E-state index contributed by atoms with van der Waals surface area (Å²) in [4.78, 5) is 28.6. The maximum Gasteiger partial charge on any atom is 0.270 e. The molecule has 0 saturated carbocycles. The molecule has 3 aromatic rings. The van der Waals surface area contributed by atoms with Crippen molar-refractivity contribution in [2.75, 3.05) is 5.32 Å². The summed E-state index contributed by atoms with van der Waals surface area (Å²) in [5, 5.41) is 14.1. The lowest BCUT2D eigenvalue weighted by molar-refractivity contribution is 0.0945. The first kappa shape index (κ1) is 18.7. The number of rotatable bonds is 5. The van der Waals surface area contributed by atoms with Gasteiger partial charge in [-0.1, -0.05) is 18.2 Å². The van der Waals surface area contributed by atoms with Gasteiger partial charge in [0.25, 0.3) is 11.8 Å². The number of hydrogen-bond acceptors (Lipinski definition) is 4. The van der Waals surface area contributed by atoms with Gasteiger partial charge >= 0.3 is 0 Å². The van der Waals surface area contributed by atoms with Crippen molar-refractivity contribution < 1.29 is 14.0 Å². The first-order valence-corrected chi connectivity index (χ1v) is 8.36. The topological polar surface area (TPSA) is 94.9 Å². The lowest BCUT2D eigenvalue weighted by Crippen LogP contribution is -2.25. The van der Waals surface area contributed by atoms with E-state index in [1.165, 1.54) is 24.4 Å². The molecule has 2 aromatic carbocycles. The Morgan fingerprint density at radius 3 is 2.50 bits per heavy atom. The van der Waals surface area contributed by atoms with Crippen molar-refractivity contribution >= 4 is 17.5 Å². The van der Waals surface area contributed by atoms with Gasteiger partial charge in [-0.2, -0.15) is 5.26 Å². The summed E-state index contributed by atoms with van der Waals surface area (Å²) in [5.41, 5.74) is 1.65. The third-order valence-corrected chi connectivity index (χ3v) is 3.92. The fourth-order valence-corrected chi connectivity index (χ4v) is 2.44. The maximum absolute atomic E-state index is 13.6. The zero-order valence-corrected chi connectivity index (χ0v) is 14.6. The zero-order chi connectivity index (χ0) is 19.9. The van der Waals surface area contributed by atoms with Crippen molar-refractivity contribution in [1.82, 2.24) is 10.3 Å². The number of nitrogens with zero attached hydrogens (tertiary/aromatic N) is 2. The highest BCUT2D eigenvalue weighted by atomic mass is 19.1. The van der Waals surface area contributed by atoms with E-state index in [4.69, 9.17) is 5.26 Å². The first-order chi connectivity index (χ1) is 13.6. The van der Waals surface area contributed by atoms with E-state index in [1.807, 2.05) is 6.07 Å². The van der Waals surface area contributed by atoms with Crippen molar-refractivity contribution in [3.05, 3.63) is 95.1 Å². The van der Waals surface area contributed by atoms with Crippen LogP contribution in [0, 0.1) is 17.1 Å². The molecule has 0 radical (unpaired) electrons. The highest BCUT2D eigenvalue weighted by molar-refractivity contribution is 6.05. The number of aromatic nitrogens is 1. The second-order valence-corrected chi connectivity index (χ2v) is 5.85. The monoisotopic (exact) mass is 374 g/mol.